The van der Waals surface area contributed by atoms with Gasteiger partial charge in [0.15, 0.2) is 0 Å². The summed E-state index contributed by atoms with van der Waals surface area (Å²) < 4.78 is 0. The molecule has 0 atom stereocenters. The van der Waals surface area contributed by atoms with Crippen molar-refractivity contribution in [3.8, 4) is 0 Å². The molecule has 19 heavy (non-hydrogen) atoms. The van der Waals surface area contributed by atoms with Crippen molar-refractivity contribution in [2.45, 2.75) is 13.5 Å². The molecule has 2 aromatic rings. The van der Waals surface area contributed by atoms with Crippen molar-refractivity contribution in [2.75, 3.05) is 5.32 Å². The van der Waals surface area contributed by atoms with E-state index >= 15 is 0 Å². The third kappa shape index (κ3) is 3.15. The van der Waals surface area contributed by atoms with Crippen molar-refractivity contribution >= 4 is 11.9 Å². The predicted molar refractivity (Wildman–Crippen MR) is 68.1 cm³/mol. The van der Waals surface area contributed by atoms with E-state index in [1.54, 1.807) is 19.1 Å². The highest BCUT2D eigenvalue weighted by Crippen LogP contribution is 2.06. The molecule has 2 rings (SSSR count). The van der Waals surface area contributed by atoms with Crippen molar-refractivity contribution in [3.63, 3.8) is 0 Å². The summed E-state index contributed by atoms with van der Waals surface area (Å²) in [6.07, 6.45) is 0. The van der Waals surface area contributed by atoms with Crippen molar-refractivity contribution in [2.24, 2.45) is 0 Å². The fourth-order valence-corrected chi connectivity index (χ4v) is 1.42. The quantitative estimate of drug-likeness (QED) is 0.749. The first-order valence-corrected chi connectivity index (χ1v) is 5.56. The van der Waals surface area contributed by atoms with Gasteiger partial charge >= 0.3 is 5.97 Å². The number of benzene rings is 1. The van der Waals surface area contributed by atoms with E-state index in [0.29, 0.717) is 12.2 Å². The van der Waals surface area contributed by atoms with E-state index in [1.807, 2.05) is 0 Å². The van der Waals surface area contributed by atoms with Gasteiger partial charge in [-0.15, -0.1) is 10.2 Å². The molecule has 7 nitrogen and oxygen atoms in total. The number of nitrogens with one attached hydrogen (secondary N) is 2. The van der Waals surface area contributed by atoms with Gasteiger partial charge in [-0.1, -0.05) is 12.1 Å². The number of hydrogen-bond acceptors (Lipinski definition) is 5. The Balaban J connectivity index is 2.04. The Labute approximate surface area is 108 Å². The van der Waals surface area contributed by atoms with E-state index in [4.69, 9.17) is 5.11 Å². The smallest absolute Gasteiger partial charge is 0.335 e. The number of aryl methyl sites for hydroxylation is 1. The lowest BCUT2D eigenvalue weighted by Crippen LogP contribution is -2.17. The first-order valence-electron chi connectivity index (χ1n) is 5.56. The van der Waals surface area contributed by atoms with Crippen molar-refractivity contribution < 1.29 is 9.90 Å². The number of carboxylic acid groups (broad SMARTS) is 1. The summed E-state index contributed by atoms with van der Waals surface area (Å²) in [6.45, 7) is 1.98. The largest absolute Gasteiger partial charge is 0.478 e. The summed E-state index contributed by atoms with van der Waals surface area (Å²) in [7, 11) is 0. The number of H-pyrrole nitrogens is 1. The molecule has 98 valence electrons. The Morgan fingerprint density at radius 2 is 2.00 bits per heavy atom. The molecule has 0 unspecified atom stereocenters. The summed E-state index contributed by atoms with van der Waals surface area (Å²) in [6, 6.07) is 6.41. The molecule has 0 spiro atoms. The second kappa shape index (κ2) is 5.30. The van der Waals surface area contributed by atoms with Crippen molar-refractivity contribution in [1.82, 2.24) is 15.2 Å². The number of aromatic amines is 1. The molecule has 0 aliphatic carbocycles. The molecule has 0 aliphatic heterocycles. The molecule has 0 amide bonds. The van der Waals surface area contributed by atoms with Crippen LogP contribution < -0.4 is 10.9 Å². The van der Waals surface area contributed by atoms with Crippen LogP contribution >= 0.6 is 0 Å². The van der Waals surface area contributed by atoms with E-state index in [-0.39, 0.29) is 17.1 Å². The highest BCUT2D eigenvalue weighted by Gasteiger charge is 2.03. The van der Waals surface area contributed by atoms with Crippen LogP contribution in [0.3, 0.4) is 0 Å². The van der Waals surface area contributed by atoms with Crippen LogP contribution in [0.15, 0.2) is 29.1 Å². The normalized spacial score (nSPS) is 10.2. The van der Waals surface area contributed by atoms with Gasteiger partial charge in [-0.3, -0.25) is 9.78 Å². The Bertz CT molecular complexity index is 649. The van der Waals surface area contributed by atoms with Crippen LogP contribution in [0, 0.1) is 6.92 Å². The Hall–Kier alpha value is -2.70. The second-order valence-corrected chi connectivity index (χ2v) is 3.94. The van der Waals surface area contributed by atoms with E-state index in [0.717, 1.165) is 5.56 Å². The number of hydrogen-bond donors (Lipinski definition) is 3. The fraction of sp³-hybridized carbons (Fsp3) is 0.167. The molecule has 7 heteroatoms. The second-order valence-electron chi connectivity index (χ2n) is 3.94. The van der Waals surface area contributed by atoms with Crippen LogP contribution in [0.1, 0.15) is 21.6 Å². The highest BCUT2D eigenvalue weighted by atomic mass is 16.4. The number of aromatic carboxylic acids is 1. The molecular weight excluding hydrogens is 248 g/mol. The minimum Gasteiger partial charge on any atom is -0.478 e. The fourth-order valence-electron chi connectivity index (χ4n) is 1.42. The van der Waals surface area contributed by atoms with Gasteiger partial charge in [0.1, 0.15) is 5.69 Å². The molecule has 0 saturated carbocycles. The topological polar surface area (TPSA) is 108 Å². The number of nitrogens with zero attached hydrogens (tertiary/aromatic N) is 2. The summed E-state index contributed by atoms with van der Waals surface area (Å²) in [5.74, 6) is -0.689. The zero-order valence-corrected chi connectivity index (χ0v) is 10.2. The van der Waals surface area contributed by atoms with Crippen LogP contribution in [0.5, 0.6) is 0 Å². The van der Waals surface area contributed by atoms with Gasteiger partial charge in [0.25, 0.3) is 5.56 Å². The van der Waals surface area contributed by atoms with Gasteiger partial charge in [0.2, 0.25) is 5.95 Å². The average Bonchev–Trinajstić information content (AvgIpc) is 2.40. The minimum atomic E-state index is -0.965. The molecule has 0 radical (unpaired) electrons. The van der Waals surface area contributed by atoms with Crippen LogP contribution in [0.4, 0.5) is 5.95 Å². The number of anilines is 1. The van der Waals surface area contributed by atoms with Gasteiger partial charge in [0.05, 0.1) is 5.56 Å². The summed E-state index contributed by atoms with van der Waals surface area (Å²) in [5, 5.41) is 19.2. The summed E-state index contributed by atoms with van der Waals surface area (Å²) in [5.41, 5.74) is 1.11. The number of rotatable bonds is 4. The molecule has 0 bridgehead atoms. The monoisotopic (exact) mass is 260 g/mol. The highest BCUT2D eigenvalue weighted by molar-refractivity contribution is 5.87. The first-order chi connectivity index (χ1) is 9.06. The third-order valence-corrected chi connectivity index (χ3v) is 2.52. The molecule has 1 aromatic carbocycles. The lowest BCUT2D eigenvalue weighted by atomic mass is 10.1. The molecule has 1 aromatic heterocycles. The minimum absolute atomic E-state index is 0.229. The number of carboxylic acids is 1. The SMILES string of the molecule is Cc1nnc(NCc2ccc(C(=O)O)cc2)[nH]c1=O. The van der Waals surface area contributed by atoms with E-state index in [2.05, 4.69) is 20.5 Å². The summed E-state index contributed by atoms with van der Waals surface area (Å²) in [4.78, 5) is 24.5. The van der Waals surface area contributed by atoms with E-state index in [9.17, 15) is 9.59 Å². The molecule has 0 fully saturated rings. The Morgan fingerprint density at radius 3 is 2.58 bits per heavy atom. The molecule has 3 N–H and O–H groups in total. The maximum absolute atomic E-state index is 11.3. The Kier molecular flexibility index (Phi) is 3.56. The van der Waals surface area contributed by atoms with Gasteiger partial charge < -0.3 is 10.4 Å². The standard InChI is InChI=1S/C12H12N4O3/c1-7-10(17)14-12(16-15-7)13-6-8-2-4-9(5-3-8)11(18)19/h2-5H,6H2,1H3,(H,18,19)(H2,13,14,16,17). The lowest BCUT2D eigenvalue weighted by molar-refractivity contribution is 0.0697. The molecule has 0 aliphatic rings. The maximum Gasteiger partial charge on any atom is 0.335 e. The third-order valence-electron chi connectivity index (χ3n) is 2.52. The van der Waals surface area contributed by atoms with Crippen LogP contribution in [-0.4, -0.2) is 26.3 Å². The van der Waals surface area contributed by atoms with Crippen LogP contribution in [0.2, 0.25) is 0 Å². The van der Waals surface area contributed by atoms with Crippen molar-refractivity contribution in [3.05, 3.63) is 51.4 Å². The molecule has 0 saturated heterocycles. The van der Waals surface area contributed by atoms with Crippen LogP contribution in [0.25, 0.3) is 0 Å². The van der Waals surface area contributed by atoms with Gasteiger partial charge in [-0.05, 0) is 24.6 Å². The van der Waals surface area contributed by atoms with Crippen molar-refractivity contribution in [1.29, 1.82) is 0 Å². The zero-order valence-electron chi connectivity index (χ0n) is 10.2. The molecular formula is C12H12N4O3. The van der Waals surface area contributed by atoms with E-state index in [1.165, 1.54) is 12.1 Å². The predicted octanol–water partition coefficient (Wildman–Crippen LogP) is 0.784. The van der Waals surface area contributed by atoms with E-state index < -0.39 is 5.97 Å². The zero-order chi connectivity index (χ0) is 13.8. The van der Waals surface area contributed by atoms with Gasteiger partial charge in [-0.2, -0.15) is 0 Å². The van der Waals surface area contributed by atoms with Crippen LogP contribution in [-0.2, 0) is 6.54 Å². The summed E-state index contributed by atoms with van der Waals surface area (Å²) >= 11 is 0. The molecule has 1 heterocycles. The average molecular weight is 260 g/mol. The Morgan fingerprint density at radius 1 is 1.32 bits per heavy atom. The first kappa shape index (κ1) is 12.7. The van der Waals surface area contributed by atoms with Gasteiger partial charge in [-0.25, -0.2) is 4.79 Å². The maximum atomic E-state index is 11.3. The van der Waals surface area contributed by atoms with Gasteiger partial charge in [0, 0.05) is 6.54 Å². The lowest BCUT2D eigenvalue weighted by Gasteiger charge is -2.05. The number of carbonyl (C=O) groups is 1. The number of aromatic nitrogens is 3.